The van der Waals surface area contributed by atoms with E-state index in [0.717, 1.165) is 44.2 Å². The van der Waals surface area contributed by atoms with E-state index in [4.69, 9.17) is 4.42 Å². The number of fused-ring (bicyclic) bond motifs is 3. The Morgan fingerprint density at radius 2 is 1.07 bits per heavy atom. The van der Waals surface area contributed by atoms with Crippen LogP contribution in [0.1, 0.15) is 0 Å². The van der Waals surface area contributed by atoms with Gasteiger partial charge in [-0.3, -0.25) is 0 Å². The fourth-order valence-corrected chi connectivity index (χ4v) is 3.73. The molecule has 0 bridgehead atoms. The summed E-state index contributed by atoms with van der Waals surface area (Å²) in [5.74, 6) is 0. The van der Waals surface area contributed by atoms with Crippen molar-refractivity contribution in [1.82, 2.24) is 0 Å². The van der Waals surface area contributed by atoms with Gasteiger partial charge in [0.05, 0.1) is 0 Å². The summed E-state index contributed by atoms with van der Waals surface area (Å²) in [5, 5.41) is 20.8. The minimum absolute atomic E-state index is 0.465. The zero-order chi connectivity index (χ0) is 19.1. The first-order chi connectivity index (χ1) is 13.7. The van der Waals surface area contributed by atoms with E-state index in [2.05, 4.69) is 36.4 Å². The highest BCUT2D eigenvalue weighted by molar-refractivity contribution is 6.58. The second-order valence-corrected chi connectivity index (χ2v) is 6.83. The Labute approximate surface area is 162 Å². The maximum absolute atomic E-state index is 9.33. The van der Waals surface area contributed by atoms with Crippen LogP contribution in [0.2, 0.25) is 0 Å². The van der Waals surface area contributed by atoms with E-state index in [1.165, 1.54) is 0 Å². The molecule has 0 aliphatic rings. The molecule has 0 amide bonds. The first kappa shape index (κ1) is 16.8. The van der Waals surface area contributed by atoms with Gasteiger partial charge in [-0.25, -0.2) is 0 Å². The van der Waals surface area contributed by atoms with Crippen LogP contribution in [-0.4, -0.2) is 17.2 Å². The third-order valence-corrected chi connectivity index (χ3v) is 5.13. The molecule has 0 aliphatic heterocycles. The van der Waals surface area contributed by atoms with Gasteiger partial charge in [0.15, 0.2) is 0 Å². The van der Waals surface area contributed by atoms with Gasteiger partial charge in [-0.2, -0.15) is 0 Å². The van der Waals surface area contributed by atoms with E-state index in [1.807, 2.05) is 42.5 Å². The zero-order valence-electron chi connectivity index (χ0n) is 15.0. The quantitative estimate of drug-likeness (QED) is 0.460. The molecule has 28 heavy (non-hydrogen) atoms. The summed E-state index contributed by atoms with van der Waals surface area (Å²) >= 11 is 0. The predicted octanol–water partition coefficient (Wildman–Crippen LogP) is 4.60. The summed E-state index contributed by atoms with van der Waals surface area (Å²) in [5.41, 5.74) is 6.31. The SMILES string of the molecule is OB(O)c1ccc(-c2cccc3c2oc2c(-c4ccccc4)cccc23)cc1. The Hall–Kier alpha value is -3.34. The highest BCUT2D eigenvalue weighted by Crippen LogP contribution is 2.39. The lowest BCUT2D eigenvalue weighted by Gasteiger charge is -2.04. The molecule has 4 heteroatoms. The Morgan fingerprint density at radius 3 is 1.61 bits per heavy atom. The van der Waals surface area contributed by atoms with E-state index in [1.54, 1.807) is 12.1 Å². The minimum Gasteiger partial charge on any atom is -0.455 e. The van der Waals surface area contributed by atoms with Crippen molar-refractivity contribution in [3.63, 3.8) is 0 Å². The van der Waals surface area contributed by atoms with Crippen LogP contribution in [0.25, 0.3) is 44.2 Å². The standard InChI is InChI=1S/C24H17BO3/c26-25(27)18-14-12-17(13-15-18)20-9-5-11-22-21-10-4-8-19(23(21)28-24(20)22)16-6-2-1-3-7-16/h1-15,26-27H. The molecule has 5 rings (SSSR count). The summed E-state index contributed by atoms with van der Waals surface area (Å²) in [7, 11) is -1.47. The summed E-state index contributed by atoms with van der Waals surface area (Å²) < 4.78 is 6.40. The molecule has 0 radical (unpaired) electrons. The number of rotatable bonds is 3. The van der Waals surface area contributed by atoms with Gasteiger partial charge in [-0.05, 0) is 16.6 Å². The average Bonchev–Trinajstić information content (AvgIpc) is 3.13. The molecule has 0 aliphatic carbocycles. The molecule has 1 heterocycles. The molecule has 0 atom stereocenters. The maximum atomic E-state index is 9.33. The van der Waals surface area contributed by atoms with E-state index < -0.39 is 7.12 Å². The van der Waals surface area contributed by atoms with E-state index >= 15 is 0 Å². The van der Waals surface area contributed by atoms with Crippen LogP contribution in [0.15, 0.2) is 95.4 Å². The lowest BCUT2D eigenvalue weighted by Crippen LogP contribution is -2.29. The normalized spacial score (nSPS) is 11.2. The van der Waals surface area contributed by atoms with Crippen molar-refractivity contribution in [1.29, 1.82) is 0 Å². The molecule has 5 aromatic rings. The van der Waals surface area contributed by atoms with Gasteiger partial charge in [0.2, 0.25) is 0 Å². The van der Waals surface area contributed by atoms with Crippen LogP contribution in [0.5, 0.6) is 0 Å². The molecular formula is C24H17BO3. The highest BCUT2D eigenvalue weighted by atomic mass is 16.4. The Morgan fingerprint density at radius 1 is 0.536 bits per heavy atom. The van der Waals surface area contributed by atoms with Crippen molar-refractivity contribution >= 4 is 34.5 Å². The van der Waals surface area contributed by atoms with Crippen LogP contribution in [-0.2, 0) is 0 Å². The molecule has 0 saturated heterocycles. The fourth-order valence-electron chi connectivity index (χ4n) is 3.73. The average molecular weight is 364 g/mol. The fraction of sp³-hybridized carbons (Fsp3) is 0. The first-order valence-electron chi connectivity index (χ1n) is 9.18. The van der Waals surface area contributed by atoms with Gasteiger partial charge >= 0.3 is 7.12 Å². The van der Waals surface area contributed by atoms with Crippen LogP contribution in [0, 0.1) is 0 Å². The molecule has 4 aromatic carbocycles. The molecular weight excluding hydrogens is 347 g/mol. The monoisotopic (exact) mass is 364 g/mol. The summed E-state index contributed by atoms with van der Waals surface area (Å²) in [6.45, 7) is 0. The third-order valence-electron chi connectivity index (χ3n) is 5.13. The first-order valence-corrected chi connectivity index (χ1v) is 9.18. The molecule has 0 spiro atoms. The van der Waals surface area contributed by atoms with E-state index in [-0.39, 0.29) is 0 Å². The molecule has 0 unspecified atom stereocenters. The number of benzene rings is 4. The lowest BCUT2D eigenvalue weighted by molar-refractivity contribution is 0.426. The van der Waals surface area contributed by atoms with Gasteiger partial charge in [-0.1, -0.05) is 91.0 Å². The predicted molar refractivity (Wildman–Crippen MR) is 114 cm³/mol. The number of hydrogen-bond donors (Lipinski definition) is 2. The topological polar surface area (TPSA) is 53.6 Å². The largest absolute Gasteiger partial charge is 0.488 e. The molecule has 0 fully saturated rings. The van der Waals surface area contributed by atoms with Crippen LogP contribution >= 0.6 is 0 Å². The van der Waals surface area contributed by atoms with E-state index in [9.17, 15) is 10.0 Å². The van der Waals surface area contributed by atoms with Crippen LogP contribution in [0.4, 0.5) is 0 Å². The second-order valence-electron chi connectivity index (χ2n) is 6.83. The van der Waals surface area contributed by atoms with Crippen molar-refractivity contribution in [2.24, 2.45) is 0 Å². The molecule has 0 saturated carbocycles. The maximum Gasteiger partial charge on any atom is 0.488 e. The van der Waals surface area contributed by atoms with Crippen molar-refractivity contribution in [3.8, 4) is 22.3 Å². The Balaban J connectivity index is 1.75. The van der Waals surface area contributed by atoms with Crippen molar-refractivity contribution < 1.29 is 14.5 Å². The zero-order valence-corrected chi connectivity index (χ0v) is 15.0. The van der Waals surface area contributed by atoms with Crippen LogP contribution < -0.4 is 5.46 Å². The number of para-hydroxylation sites is 2. The minimum atomic E-state index is -1.47. The number of hydrogen-bond acceptors (Lipinski definition) is 3. The smallest absolute Gasteiger partial charge is 0.455 e. The molecule has 134 valence electrons. The van der Waals surface area contributed by atoms with Gasteiger partial charge in [0, 0.05) is 21.9 Å². The lowest BCUT2D eigenvalue weighted by atomic mass is 9.80. The summed E-state index contributed by atoms with van der Waals surface area (Å²) in [6, 6.07) is 29.8. The summed E-state index contributed by atoms with van der Waals surface area (Å²) in [6.07, 6.45) is 0. The van der Waals surface area contributed by atoms with Gasteiger partial charge in [0.1, 0.15) is 11.2 Å². The third kappa shape index (κ3) is 2.71. The van der Waals surface area contributed by atoms with Crippen molar-refractivity contribution in [2.45, 2.75) is 0 Å². The van der Waals surface area contributed by atoms with Crippen LogP contribution in [0.3, 0.4) is 0 Å². The van der Waals surface area contributed by atoms with Crippen molar-refractivity contribution in [2.75, 3.05) is 0 Å². The molecule has 2 N–H and O–H groups in total. The van der Waals surface area contributed by atoms with Crippen molar-refractivity contribution in [3.05, 3.63) is 91.0 Å². The van der Waals surface area contributed by atoms with Gasteiger partial charge in [-0.15, -0.1) is 0 Å². The van der Waals surface area contributed by atoms with Gasteiger partial charge in [0.25, 0.3) is 0 Å². The van der Waals surface area contributed by atoms with E-state index in [0.29, 0.717) is 5.46 Å². The van der Waals surface area contributed by atoms with Gasteiger partial charge < -0.3 is 14.5 Å². The highest BCUT2D eigenvalue weighted by Gasteiger charge is 2.16. The summed E-state index contributed by atoms with van der Waals surface area (Å²) in [4.78, 5) is 0. The molecule has 1 aromatic heterocycles. The number of furan rings is 1. The Kier molecular flexibility index (Phi) is 4.01. The second kappa shape index (κ2) is 6.68. The Bertz CT molecular complexity index is 1270. The molecule has 3 nitrogen and oxygen atoms in total.